The van der Waals surface area contributed by atoms with Crippen molar-refractivity contribution in [1.82, 2.24) is 4.98 Å². The number of nitrogens with zero attached hydrogens (tertiary/aromatic N) is 1. The zero-order valence-corrected chi connectivity index (χ0v) is 9.78. The summed E-state index contributed by atoms with van der Waals surface area (Å²) in [5.74, 6) is 0. The van der Waals surface area contributed by atoms with Crippen molar-refractivity contribution in [3.63, 3.8) is 0 Å². The van der Waals surface area contributed by atoms with E-state index in [1.807, 2.05) is 6.07 Å². The number of aromatic nitrogens is 1. The zero-order chi connectivity index (χ0) is 11.5. The molecular weight excluding hydrogens is 245 g/mol. The molecular formula is C12H9Cl2NO. The fourth-order valence-electron chi connectivity index (χ4n) is 1.42. The lowest BCUT2D eigenvalue weighted by molar-refractivity contribution is 0.215. The van der Waals surface area contributed by atoms with E-state index < -0.39 is 6.10 Å². The van der Waals surface area contributed by atoms with Crippen molar-refractivity contribution < 1.29 is 5.11 Å². The Bertz CT molecular complexity index is 488. The van der Waals surface area contributed by atoms with Crippen LogP contribution in [0.15, 0.2) is 42.6 Å². The number of aliphatic hydroxyl groups excluding tert-OH is 1. The molecule has 1 heterocycles. The second kappa shape index (κ2) is 4.83. The van der Waals surface area contributed by atoms with Crippen LogP contribution in [-0.2, 0) is 0 Å². The molecule has 2 aromatic rings. The minimum Gasteiger partial charge on any atom is -0.382 e. The summed E-state index contributed by atoms with van der Waals surface area (Å²) in [6, 6.07) is 10.3. The Morgan fingerprint density at radius 2 is 1.94 bits per heavy atom. The number of hydrogen-bond donors (Lipinski definition) is 1. The second-order valence-electron chi connectivity index (χ2n) is 3.32. The summed E-state index contributed by atoms with van der Waals surface area (Å²) in [6.07, 6.45) is 0.800. The highest BCUT2D eigenvalue weighted by Crippen LogP contribution is 2.29. The molecule has 2 rings (SSSR count). The van der Waals surface area contributed by atoms with Gasteiger partial charge in [-0.15, -0.1) is 0 Å². The van der Waals surface area contributed by atoms with Crippen LogP contribution >= 0.6 is 23.2 Å². The maximum Gasteiger partial charge on any atom is 0.122 e. The standard InChI is InChI=1S/C12H9Cl2NO/c13-8-4-5-9(10(14)7-8)12(16)11-3-1-2-6-15-11/h1-7,12,16H. The van der Waals surface area contributed by atoms with Crippen LogP contribution in [-0.4, -0.2) is 10.1 Å². The molecule has 0 aliphatic heterocycles. The van der Waals surface area contributed by atoms with Crippen LogP contribution in [0.3, 0.4) is 0 Å². The molecule has 0 spiro atoms. The number of aliphatic hydroxyl groups is 1. The average molecular weight is 254 g/mol. The van der Waals surface area contributed by atoms with E-state index in [2.05, 4.69) is 4.98 Å². The number of rotatable bonds is 2. The summed E-state index contributed by atoms with van der Waals surface area (Å²) < 4.78 is 0. The first kappa shape index (κ1) is 11.4. The number of halogens is 2. The van der Waals surface area contributed by atoms with E-state index in [4.69, 9.17) is 23.2 Å². The van der Waals surface area contributed by atoms with Gasteiger partial charge >= 0.3 is 0 Å². The summed E-state index contributed by atoms with van der Waals surface area (Å²) in [4.78, 5) is 4.08. The minimum absolute atomic E-state index is 0.436. The lowest BCUT2D eigenvalue weighted by Crippen LogP contribution is -2.02. The summed E-state index contributed by atoms with van der Waals surface area (Å²) in [5.41, 5.74) is 1.16. The van der Waals surface area contributed by atoms with Crippen LogP contribution < -0.4 is 0 Å². The Labute approximate surface area is 103 Å². The summed E-state index contributed by atoms with van der Waals surface area (Å²) in [6.45, 7) is 0. The number of benzene rings is 1. The van der Waals surface area contributed by atoms with Gasteiger partial charge in [-0.2, -0.15) is 0 Å². The molecule has 16 heavy (non-hydrogen) atoms. The summed E-state index contributed by atoms with van der Waals surface area (Å²) >= 11 is 11.8. The van der Waals surface area contributed by atoms with Crippen molar-refractivity contribution in [2.45, 2.75) is 6.10 Å². The van der Waals surface area contributed by atoms with Gasteiger partial charge in [-0.3, -0.25) is 4.98 Å². The Kier molecular flexibility index (Phi) is 3.44. The van der Waals surface area contributed by atoms with Crippen LogP contribution in [0.2, 0.25) is 10.0 Å². The van der Waals surface area contributed by atoms with E-state index in [1.165, 1.54) is 0 Å². The Balaban J connectivity index is 2.38. The van der Waals surface area contributed by atoms with Crippen LogP contribution in [0.5, 0.6) is 0 Å². The van der Waals surface area contributed by atoms with E-state index in [0.29, 0.717) is 21.3 Å². The van der Waals surface area contributed by atoms with Gasteiger partial charge in [0, 0.05) is 21.8 Å². The molecule has 2 nitrogen and oxygen atoms in total. The van der Waals surface area contributed by atoms with Gasteiger partial charge in [0.2, 0.25) is 0 Å². The van der Waals surface area contributed by atoms with Gasteiger partial charge < -0.3 is 5.11 Å². The third kappa shape index (κ3) is 2.35. The largest absolute Gasteiger partial charge is 0.382 e. The lowest BCUT2D eigenvalue weighted by atomic mass is 10.1. The third-order valence-electron chi connectivity index (χ3n) is 2.23. The Hall–Kier alpha value is -1.09. The fraction of sp³-hybridized carbons (Fsp3) is 0.0833. The summed E-state index contributed by atoms with van der Waals surface area (Å²) in [7, 11) is 0. The molecule has 1 unspecified atom stereocenters. The number of pyridine rings is 1. The SMILES string of the molecule is OC(c1ccccn1)c1ccc(Cl)cc1Cl. The first-order chi connectivity index (χ1) is 7.68. The lowest BCUT2D eigenvalue weighted by Gasteiger charge is -2.12. The Morgan fingerprint density at radius 1 is 1.12 bits per heavy atom. The van der Waals surface area contributed by atoms with Gasteiger partial charge in [-0.1, -0.05) is 35.3 Å². The molecule has 0 saturated carbocycles. The van der Waals surface area contributed by atoms with Gasteiger partial charge in [0.15, 0.2) is 0 Å². The summed E-state index contributed by atoms with van der Waals surface area (Å²) in [5, 5.41) is 11.1. The maximum atomic E-state index is 10.1. The van der Waals surface area contributed by atoms with E-state index >= 15 is 0 Å². The van der Waals surface area contributed by atoms with E-state index in [0.717, 1.165) is 0 Å². The van der Waals surface area contributed by atoms with E-state index in [1.54, 1.807) is 36.5 Å². The minimum atomic E-state index is -0.828. The highest BCUT2D eigenvalue weighted by Gasteiger charge is 2.14. The van der Waals surface area contributed by atoms with Crippen LogP contribution in [0.25, 0.3) is 0 Å². The van der Waals surface area contributed by atoms with Crippen molar-refractivity contribution >= 4 is 23.2 Å². The van der Waals surface area contributed by atoms with E-state index in [-0.39, 0.29) is 0 Å². The fourth-order valence-corrected chi connectivity index (χ4v) is 1.93. The van der Waals surface area contributed by atoms with Gasteiger partial charge in [0.25, 0.3) is 0 Å². The van der Waals surface area contributed by atoms with Crippen molar-refractivity contribution in [3.05, 3.63) is 63.9 Å². The quantitative estimate of drug-likeness (QED) is 0.890. The van der Waals surface area contributed by atoms with Crippen LogP contribution in [0.1, 0.15) is 17.4 Å². The molecule has 1 N–H and O–H groups in total. The van der Waals surface area contributed by atoms with Gasteiger partial charge in [0.1, 0.15) is 6.10 Å². The molecule has 0 saturated heterocycles. The molecule has 1 atom stereocenters. The van der Waals surface area contributed by atoms with Crippen molar-refractivity contribution in [3.8, 4) is 0 Å². The molecule has 1 aromatic carbocycles. The molecule has 0 amide bonds. The van der Waals surface area contributed by atoms with Gasteiger partial charge in [-0.25, -0.2) is 0 Å². The molecule has 82 valence electrons. The van der Waals surface area contributed by atoms with Crippen molar-refractivity contribution in [2.24, 2.45) is 0 Å². The molecule has 0 bridgehead atoms. The van der Waals surface area contributed by atoms with Crippen LogP contribution in [0.4, 0.5) is 0 Å². The van der Waals surface area contributed by atoms with Crippen molar-refractivity contribution in [1.29, 1.82) is 0 Å². The Morgan fingerprint density at radius 3 is 2.56 bits per heavy atom. The van der Waals surface area contributed by atoms with Gasteiger partial charge in [0.05, 0.1) is 5.69 Å². The maximum absolute atomic E-state index is 10.1. The number of hydrogen-bond acceptors (Lipinski definition) is 2. The van der Waals surface area contributed by atoms with Crippen LogP contribution in [0, 0.1) is 0 Å². The molecule has 0 fully saturated rings. The molecule has 4 heteroatoms. The topological polar surface area (TPSA) is 33.1 Å². The molecule has 0 aliphatic rings. The average Bonchev–Trinajstić information content (AvgIpc) is 2.29. The highest BCUT2D eigenvalue weighted by molar-refractivity contribution is 6.35. The normalized spacial score (nSPS) is 12.4. The highest BCUT2D eigenvalue weighted by atomic mass is 35.5. The zero-order valence-electron chi connectivity index (χ0n) is 8.27. The first-order valence-electron chi connectivity index (χ1n) is 4.72. The molecule has 1 aromatic heterocycles. The first-order valence-corrected chi connectivity index (χ1v) is 5.48. The predicted octanol–water partition coefficient (Wildman–Crippen LogP) is 3.47. The molecule has 0 radical (unpaired) electrons. The van der Waals surface area contributed by atoms with Crippen molar-refractivity contribution in [2.75, 3.05) is 0 Å². The third-order valence-corrected chi connectivity index (χ3v) is 2.79. The van der Waals surface area contributed by atoms with Gasteiger partial charge in [-0.05, 0) is 24.3 Å². The van der Waals surface area contributed by atoms with E-state index in [9.17, 15) is 5.11 Å². The monoisotopic (exact) mass is 253 g/mol. The molecule has 0 aliphatic carbocycles. The predicted molar refractivity (Wildman–Crippen MR) is 64.8 cm³/mol. The smallest absolute Gasteiger partial charge is 0.122 e. The second-order valence-corrected chi connectivity index (χ2v) is 4.17.